The van der Waals surface area contributed by atoms with Gasteiger partial charge in [0.1, 0.15) is 0 Å². The van der Waals surface area contributed by atoms with Crippen LogP contribution >= 0.6 is 0 Å². The first-order chi connectivity index (χ1) is 11.2. The Morgan fingerprint density at radius 2 is 1.54 bits per heavy atom. The summed E-state index contributed by atoms with van der Waals surface area (Å²) in [6.07, 6.45) is 5.68. The molecule has 0 saturated carbocycles. The molecule has 0 aromatic heterocycles. The molecule has 0 aliphatic carbocycles. The number of rotatable bonds is 12. The van der Waals surface area contributed by atoms with Crippen molar-refractivity contribution in [3.8, 4) is 0 Å². The van der Waals surface area contributed by atoms with Crippen LogP contribution < -0.4 is 12.4 Å². The molecule has 0 amide bonds. The second-order valence-corrected chi connectivity index (χ2v) is 6.42. The first-order valence-corrected chi connectivity index (χ1v) is 9.20. The number of hydrogen-bond acceptors (Lipinski definition) is 2. The van der Waals surface area contributed by atoms with Gasteiger partial charge in [0.2, 0.25) is 0 Å². The van der Waals surface area contributed by atoms with Crippen molar-refractivity contribution in [2.75, 3.05) is 32.8 Å². The minimum Gasteiger partial charge on any atom is -1.00 e. The Kier molecular flexibility index (Phi) is 12.7. The Labute approximate surface area is 154 Å². The maximum atomic E-state index is 12.2. The molecule has 4 heteroatoms. The van der Waals surface area contributed by atoms with Gasteiger partial charge < -0.3 is 21.6 Å². The lowest BCUT2D eigenvalue weighted by Gasteiger charge is -2.38. The standard InChI is InChI=1S/C20H34NO2.ClH/c1-4-7-15-21(16-8-5-2,18-20(22)23-6-3)17-14-19-12-10-9-11-13-19;/h9-13H,4-8,14-18H2,1-3H3;1H/q+1;/p-1. The topological polar surface area (TPSA) is 26.3 Å². The molecule has 1 aromatic rings. The first kappa shape index (κ1) is 22.9. The minimum atomic E-state index is -0.0484. The predicted molar refractivity (Wildman–Crippen MR) is 96.3 cm³/mol. The van der Waals surface area contributed by atoms with Crippen LogP contribution in [0.5, 0.6) is 0 Å². The highest BCUT2D eigenvalue weighted by Crippen LogP contribution is 2.15. The van der Waals surface area contributed by atoms with E-state index in [1.807, 2.05) is 6.92 Å². The Bertz CT molecular complexity index is 429. The van der Waals surface area contributed by atoms with Crippen LogP contribution in [0.2, 0.25) is 0 Å². The first-order valence-electron chi connectivity index (χ1n) is 9.20. The van der Waals surface area contributed by atoms with Crippen LogP contribution in [0, 0.1) is 0 Å². The van der Waals surface area contributed by atoms with E-state index in [-0.39, 0.29) is 18.4 Å². The van der Waals surface area contributed by atoms with E-state index in [1.54, 1.807) is 0 Å². The van der Waals surface area contributed by atoms with E-state index in [9.17, 15) is 4.79 Å². The maximum absolute atomic E-state index is 12.2. The highest BCUT2D eigenvalue weighted by molar-refractivity contribution is 5.70. The van der Waals surface area contributed by atoms with E-state index in [4.69, 9.17) is 4.74 Å². The lowest BCUT2D eigenvalue weighted by molar-refractivity contribution is -0.921. The molecular weight excluding hydrogens is 322 g/mol. The van der Waals surface area contributed by atoms with Gasteiger partial charge in [-0.05, 0) is 25.3 Å². The van der Waals surface area contributed by atoms with Crippen LogP contribution in [0.25, 0.3) is 0 Å². The molecule has 0 saturated heterocycles. The summed E-state index contributed by atoms with van der Waals surface area (Å²) in [6.45, 7) is 10.5. The number of ether oxygens (including phenoxy) is 1. The van der Waals surface area contributed by atoms with Gasteiger partial charge in [-0.25, -0.2) is 4.79 Å². The monoisotopic (exact) mass is 355 g/mol. The number of halogens is 1. The van der Waals surface area contributed by atoms with Gasteiger partial charge in [0.25, 0.3) is 0 Å². The van der Waals surface area contributed by atoms with Gasteiger partial charge in [-0.2, -0.15) is 0 Å². The molecule has 0 radical (unpaired) electrons. The quantitative estimate of drug-likeness (QED) is 0.416. The van der Waals surface area contributed by atoms with E-state index >= 15 is 0 Å². The van der Waals surface area contributed by atoms with Crippen molar-refractivity contribution in [2.45, 2.75) is 52.9 Å². The number of quaternary nitrogens is 1. The average molecular weight is 356 g/mol. The van der Waals surface area contributed by atoms with Gasteiger partial charge in [0.15, 0.2) is 6.54 Å². The lowest BCUT2D eigenvalue weighted by Crippen LogP contribution is -3.00. The number of hydrogen-bond donors (Lipinski definition) is 0. The molecule has 0 atom stereocenters. The molecule has 0 aliphatic rings. The predicted octanol–water partition coefficient (Wildman–Crippen LogP) is 1.21. The van der Waals surface area contributed by atoms with Crippen molar-refractivity contribution in [3.63, 3.8) is 0 Å². The fourth-order valence-electron chi connectivity index (χ4n) is 3.05. The summed E-state index contributed by atoms with van der Waals surface area (Å²) in [7, 11) is 0. The molecule has 0 bridgehead atoms. The fraction of sp³-hybridized carbons (Fsp3) is 0.650. The van der Waals surface area contributed by atoms with E-state index in [1.165, 1.54) is 18.4 Å². The van der Waals surface area contributed by atoms with E-state index in [0.717, 1.165) is 43.4 Å². The molecule has 1 rings (SSSR count). The Balaban J connectivity index is 0.00000529. The Morgan fingerprint density at radius 1 is 0.958 bits per heavy atom. The van der Waals surface area contributed by atoms with Crippen molar-refractivity contribution in [1.82, 2.24) is 0 Å². The fourth-order valence-corrected chi connectivity index (χ4v) is 3.05. The summed E-state index contributed by atoms with van der Waals surface area (Å²) in [5.74, 6) is -0.0484. The SMILES string of the molecule is CCCC[N+](CCCC)(CCc1ccccc1)CC(=O)OCC.[Cl-]. The number of esters is 1. The van der Waals surface area contributed by atoms with Crippen LogP contribution in [-0.4, -0.2) is 43.2 Å². The minimum absolute atomic E-state index is 0. The molecule has 0 aliphatic heterocycles. The molecule has 0 unspecified atom stereocenters. The maximum Gasteiger partial charge on any atom is 0.361 e. The van der Waals surface area contributed by atoms with Gasteiger partial charge in [0.05, 0.1) is 26.2 Å². The molecule has 1 aromatic carbocycles. The van der Waals surface area contributed by atoms with Crippen LogP contribution in [0.15, 0.2) is 30.3 Å². The lowest BCUT2D eigenvalue weighted by atomic mass is 10.1. The molecule has 138 valence electrons. The van der Waals surface area contributed by atoms with Crippen LogP contribution in [0.1, 0.15) is 52.0 Å². The summed E-state index contributed by atoms with van der Waals surface area (Å²) < 4.78 is 6.13. The molecule has 24 heavy (non-hydrogen) atoms. The normalized spacial score (nSPS) is 11.0. The highest BCUT2D eigenvalue weighted by atomic mass is 35.5. The number of benzene rings is 1. The van der Waals surface area contributed by atoms with Crippen molar-refractivity contribution in [2.24, 2.45) is 0 Å². The summed E-state index contributed by atoms with van der Waals surface area (Å²) in [4.78, 5) is 12.2. The van der Waals surface area contributed by atoms with Crippen molar-refractivity contribution >= 4 is 5.97 Å². The Hall–Kier alpha value is -1.06. The zero-order chi connectivity index (χ0) is 17.0. The largest absolute Gasteiger partial charge is 1.00 e. The molecule has 0 fully saturated rings. The number of unbranched alkanes of at least 4 members (excludes halogenated alkanes) is 2. The second kappa shape index (κ2) is 13.3. The molecule has 0 heterocycles. The van der Waals surface area contributed by atoms with E-state index in [0.29, 0.717) is 13.2 Å². The van der Waals surface area contributed by atoms with Gasteiger partial charge in [-0.15, -0.1) is 0 Å². The third-order valence-electron chi connectivity index (χ3n) is 4.46. The number of carbonyl (C=O) groups excluding carboxylic acids is 1. The smallest absolute Gasteiger partial charge is 0.361 e. The third-order valence-corrected chi connectivity index (χ3v) is 4.46. The van der Waals surface area contributed by atoms with Crippen LogP contribution in [0.4, 0.5) is 0 Å². The average Bonchev–Trinajstić information content (AvgIpc) is 2.57. The Morgan fingerprint density at radius 3 is 2.04 bits per heavy atom. The zero-order valence-electron chi connectivity index (χ0n) is 15.6. The van der Waals surface area contributed by atoms with Crippen molar-refractivity contribution in [1.29, 1.82) is 0 Å². The van der Waals surface area contributed by atoms with Crippen LogP contribution in [-0.2, 0) is 16.0 Å². The second-order valence-electron chi connectivity index (χ2n) is 6.42. The van der Waals surface area contributed by atoms with Gasteiger partial charge >= 0.3 is 5.97 Å². The number of carbonyl (C=O) groups is 1. The van der Waals surface area contributed by atoms with Gasteiger partial charge in [0, 0.05) is 6.42 Å². The molecule has 3 nitrogen and oxygen atoms in total. The zero-order valence-corrected chi connectivity index (χ0v) is 16.4. The van der Waals surface area contributed by atoms with Crippen molar-refractivity contribution < 1.29 is 26.4 Å². The molecule has 0 N–H and O–H groups in total. The summed E-state index contributed by atoms with van der Waals surface area (Å²) >= 11 is 0. The van der Waals surface area contributed by atoms with E-state index in [2.05, 4.69) is 44.2 Å². The molecular formula is C20H34ClNO2. The summed E-state index contributed by atoms with van der Waals surface area (Å²) in [5, 5.41) is 0. The third kappa shape index (κ3) is 8.70. The molecule has 0 spiro atoms. The van der Waals surface area contributed by atoms with Crippen LogP contribution in [0.3, 0.4) is 0 Å². The summed E-state index contributed by atoms with van der Waals surface area (Å²) in [6, 6.07) is 10.6. The van der Waals surface area contributed by atoms with Gasteiger partial charge in [-0.3, -0.25) is 0 Å². The van der Waals surface area contributed by atoms with Crippen molar-refractivity contribution in [3.05, 3.63) is 35.9 Å². The van der Waals surface area contributed by atoms with Gasteiger partial charge in [-0.1, -0.05) is 57.0 Å². The summed E-state index contributed by atoms with van der Waals surface area (Å²) in [5.41, 5.74) is 1.35. The highest BCUT2D eigenvalue weighted by Gasteiger charge is 2.30. The van der Waals surface area contributed by atoms with E-state index < -0.39 is 0 Å². The number of nitrogens with zero attached hydrogens (tertiary/aromatic N) is 1.